The van der Waals surface area contributed by atoms with E-state index in [1.165, 1.54) is 0 Å². The molecular formula is C15H19N5O3. The van der Waals surface area contributed by atoms with E-state index < -0.39 is 5.60 Å². The second-order valence-electron chi connectivity index (χ2n) is 5.59. The molecule has 1 unspecified atom stereocenters. The number of carbonyl (C=O) groups excluding carboxylic acids is 1. The molecule has 3 heterocycles. The maximum absolute atomic E-state index is 12.7. The molecule has 122 valence electrons. The molecule has 1 saturated heterocycles. The van der Waals surface area contributed by atoms with Gasteiger partial charge in [-0.3, -0.25) is 4.79 Å². The van der Waals surface area contributed by atoms with Gasteiger partial charge in [-0.25, -0.2) is 9.67 Å². The van der Waals surface area contributed by atoms with Gasteiger partial charge in [0.2, 0.25) is 5.88 Å². The van der Waals surface area contributed by atoms with Crippen LogP contribution in [0.2, 0.25) is 0 Å². The van der Waals surface area contributed by atoms with Crippen molar-refractivity contribution in [1.29, 1.82) is 0 Å². The summed E-state index contributed by atoms with van der Waals surface area (Å²) < 4.78 is 6.98. The molecule has 0 bridgehead atoms. The fourth-order valence-electron chi connectivity index (χ4n) is 2.75. The molecule has 1 aliphatic heterocycles. The first kappa shape index (κ1) is 15.4. The number of aromatic nitrogens is 4. The smallest absolute Gasteiger partial charge is 0.259 e. The lowest BCUT2D eigenvalue weighted by Crippen LogP contribution is -2.39. The van der Waals surface area contributed by atoms with Gasteiger partial charge in [0.25, 0.3) is 5.91 Å². The van der Waals surface area contributed by atoms with Gasteiger partial charge in [0.05, 0.1) is 25.9 Å². The number of amides is 1. The van der Waals surface area contributed by atoms with Crippen LogP contribution in [0.25, 0.3) is 0 Å². The maximum Gasteiger partial charge on any atom is 0.259 e. The Morgan fingerprint density at radius 3 is 3.09 bits per heavy atom. The van der Waals surface area contributed by atoms with E-state index in [-0.39, 0.29) is 12.5 Å². The van der Waals surface area contributed by atoms with Crippen LogP contribution < -0.4 is 4.74 Å². The summed E-state index contributed by atoms with van der Waals surface area (Å²) in [4.78, 5) is 18.4. The zero-order valence-electron chi connectivity index (χ0n) is 12.9. The molecule has 8 nitrogen and oxygen atoms in total. The zero-order valence-corrected chi connectivity index (χ0v) is 12.9. The molecule has 3 rings (SSSR count). The highest BCUT2D eigenvalue weighted by molar-refractivity contribution is 5.96. The van der Waals surface area contributed by atoms with E-state index in [1.54, 1.807) is 40.3 Å². The van der Waals surface area contributed by atoms with Crippen LogP contribution in [0.15, 0.2) is 30.7 Å². The molecule has 1 N–H and O–H groups in total. The van der Waals surface area contributed by atoms with Gasteiger partial charge in [0.15, 0.2) is 0 Å². The molecule has 2 aromatic heterocycles. The van der Waals surface area contributed by atoms with Crippen LogP contribution >= 0.6 is 0 Å². The maximum atomic E-state index is 12.7. The first-order valence-corrected chi connectivity index (χ1v) is 7.55. The van der Waals surface area contributed by atoms with Crippen molar-refractivity contribution in [2.75, 3.05) is 19.7 Å². The molecular weight excluding hydrogens is 298 g/mol. The third kappa shape index (κ3) is 3.31. The predicted molar refractivity (Wildman–Crippen MR) is 80.9 cm³/mol. The molecule has 23 heavy (non-hydrogen) atoms. The van der Waals surface area contributed by atoms with Gasteiger partial charge >= 0.3 is 0 Å². The van der Waals surface area contributed by atoms with Crippen molar-refractivity contribution in [2.24, 2.45) is 0 Å². The second-order valence-corrected chi connectivity index (χ2v) is 5.59. The van der Waals surface area contributed by atoms with E-state index in [0.29, 0.717) is 37.6 Å². The first-order valence-electron chi connectivity index (χ1n) is 7.55. The molecule has 0 aromatic carbocycles. The Morgan fingerprint density at radius 2 is 2.35 bits per heavy atom. The number of nitrogens with zero attached hydrogens (tertiary/aromatic N) is 5. The molecule has 1 amide bonds. The highest BCUT2D eigenvalue weighted by atomic mass is 16.5. The Balaban J connectivity index is 1.72. The van der Waals surface area contributed by atoms with Crippen molar-refractivity contribution < 1.29 is 14.6 Å². The van der Waals surface area contributed by atoms with Gasteiger partial charge in [-0.15, -0.1) is 5.10 Å². The van der Waals surface area contributed by atoms with Crippen molar-refractivity contribution in [3.05, 3.63) is 36.3 Å². The summed E-state index contributed by atoms with van der Waals surface area (Å²) in [6.45, 7) is 3.31. The van der Waals surface area contributed by atoms with E-state index in [2.05, 4.69) is 15.3 Å². The summed E-state index contributed by atoms with van der Waals surface area (Å²) in [5, 5.41) is 18.3. The molecule has 8 heteroatoms. The van der Waals surface area contributed by atoms with E-state index in [0.717, 1.165) is 0 Å². The van der Waals surface area contributed by atoms with Crippen molar-refractivity contribution in [3.63, 3.8) is 0 Å². The van der Waals surface area contributed by atoms with E-state index in [9.17, 15) is 9.90 Å². The Morgan fingerprint density at radius 1 is 1.48 bits per heavy atom. The quantitative estimate of drug-likeness (QED) is 0.855. The number of hydrogen-bond donors (Lipinski definition) is 1. The fourth-order valence-corrected chi connectivity index (χ4v) is 2.75. The minimum Gasteiger partial charge on any atom is -0.477 e. The zero-order chi connectivity index (χ0) is 16.3. The van der Waals surface area contributed by atoms with Crippen molar-refractivity contribution >= 4 is 5.91 Å². The number of aliphatic hydroxyl groups is 1. The summed E-state index contributed by atoms with van der Waals surface area (Å²) in [5.74, 6) is 0.141. The number of likely N-dealkylation sites (tertiary alicyclic amines) is 1. The largest absolute Gasteiger partial charge is 0.477 e. The van der Waals surface area contributed by atoms with Crippen LogP contribution in [0.1, 0.15) is 23.7 Å². The highest BCUT2D eigenvalue weighted by Crippen LogP contribution is 2.26. The Labute approximate surface area is 133 Å². The Kier molecular flexibility index (Phi) is 4.24. The molecule has 1 aliphatic rings. The number of hydrogen-bond acceptors (Lipinski definition) is 6. The van der Waals surface area contributed by atoms with Gasteiger partial charge in [0, 0.05) is 18.9 Å². The van der Waals surface area contributed by atoms with Gasteiger partial charge in [-0.2, -0.15) is 0 Å². The topological polar surface area (TPSA) is 93.4 Å². The fraction of sp³-hybridized carbons (Fsp3) is 0.467. The third-order valence-corrected chi connectivity index (χ3v) is 3.83. The number of carbonyl (C=O) groups is 1. The van der Waals surface area contributed by atoms with E-state index in [4.69, 9.17) is 4.74 Å². The minimum absolute atomic E-state index is 0.184. The average Bonchev–Trinajstić information content (AvgIpc) is 3.18. The van der Waals surface area contributed by atoms with Gasteiger partial charge in [-0.05, 0) is 25.5 Å². The molecule has 0 aliphatic carbocycles. The van der Waals surface area contributed by atoms with Gasteiger partial charge in [0.1, 0.15) is 11.2 Å². The highest BCUT2D eigenvalue weighted by Gasteiger charge is 2.39. The summed E-state index contributed by atoms with van der Waals surface area (Å²) >= 11 is 0. The van der Waals surface area contributed by atoms with Crippen molar-refractivity contribution in [1.82, 2.24) is 24.9 Å². The monoisotopic (exact) mass is 317 g/mol. The number of rotatable bonds is 5. The summed E-state index contributed by atoms with van der Waals surface area (Å²) in [7, 11) is 0. The number of ether oxygens (including phenoxy) is 1. The number of pyridine rings is 1. The normalized spacial score (nSPS) is 20.7. The van der Waals surface area contributed by atoms with Gasteiger partial charge < -0.3 is 14.7 Å². The molecule has 0 radical (unpaired) electrons. The lowest BCUT2D eigenvalue weighted by molar-refractivity contribution is 0.0266. The SMILES string of the molecule is CCOc1ncccc1C(=O)N1CCC(O)(Cn2ccnn2)C1. The van der Waals surface area contributed by atoms with Crippen LogP contribution in [0.3, 0.4) is 0 Å². The van der Waals surface area contributed by atoms with Crippen LogP contribution in [0.5, 0.6) is 5.88 Å². The van der Waals surface area contributed by atoms with E-state index >= 15 is 0 Å². The molecule has 2 aromatic rings. The van der Waals surface area contributed by atoms with Crippen LogP contribution in [-0.4, -0.2) is 61.2 Å². The van der Waals surface area contributed by atoms with Gasteiger partial charge in [-0.1, -0.05) is 5.21 Å². The standard InChI is InChI=1S/C15H19N5O3/c1-2-23-13-12(4-3-6-16-13)14(21)19-8-5-15(22,10-19)11-20-9-7-17-18-20/h3-4,6-7,9,22H,2,5,8,10-11H2,1H3. The van der Waals surface area contributed by atoms with Crippen LogP contribution in [0.4, 0.5) is 0 Å². The van der Waals surface area contributed by atoms with Crippen LogP contribution in [-0.2, 0) is 6.54 Å². The van der Waals surface area contributed by atoms with E-state index in [1.807, 2.05) is 6.92 Å². The third-order valence-electron chi connectivity index (χ3n) is 3.83. The molecule has 0 saturated carbocycles. The first-order chi connectivity index (χ1) is 11.1. The predicted octanol–water partition coefficient (Wildman–Crippen LogP) is 0.349. The summed E-state index contributed by atoms with van der Waals surface area (Å²) in [6, 6.07) is 3.39. The lowest BCUT2D eigenvalue weighted by Gasteiger charge is -2.23. The summed E-state index contributed by atoms with van der Waals surface area (Å²) in [6.07, 6.45) is 5.33. The van der Waals surface area contributed by atoms with Crippen molar-refractivity contribution in [3.8, 4) is 5.88 Å². The Hall–Kier alpha value is -2.48. The molecule has 0 spiro atoms. The summed E-state index contributed by atoms with van der Waals surface area (Å²) in [5.41, 5.74) is -0.587. The minimum atomic E-state index is -1.00. The average molecular weight is 317 g/mol. The van der Waals surface area contributed by atoms with Crippen molar-refractivity contribution in [2.45, 2.75) is 25.5 Å². The van der Waals surface area contributed by atoms with Crippen LogP contribution in [0, 0.1) is 0 Å². The second kappa shape index (κ2) is 6.33. The molecule has 1 atom stereocenters. The molecule has 1 fully saturated rings. The Bertz CT molecular complexity index is 676. The lowest BCUT2D eigenvalue weighted by atomic mass is 10.0. The number of β-amino-alcohol motifs (C(OH)–C–C–N with tert-alkyl or cyclic N) is 1.